The minimum Gasteiger partial charge on any atom is -0.489 e. The number of imide groups is 1. The number of anilines is 1. The maximum absolute atomic E-state index is 13.9. The number of hydrogen-bond acceptors (Lipinski definition) is 7. The van der Waals surface area contributed by atoms with Gasteiger partial charge in [0.05, 0.1) is 34.3 Å². The number of aryl methyl sites for hydroxylation is 1. The molecule has 2 aliphatic carbocycles. The summed E-state index contributed by atoms with van der Waals surface area (Å²) in [7, 11) is 0. The first-order valence-electron chi connectivity index (χ1n) is 17.4. The molecule has 0 N–H and O–H groups in total. The van der Waals surface area contributed by atoms with Crippen molar-refractivity contribution in [3.63, 3.8) is 0 Å². The zero-order chi connectivity index (χ0) is 37.1. The summed E-state index contributed by atoms with van der Waals surface area (Å²) in [4.78, 5) is 61.1. The third-order valence-electron chi connectivity index (χ3n) is 10.7. The Balaban J connectivity index is 1.02. The highest BCUT2D eigenvalue weighted by atomic mass is 79.9. The number of rotatable bonds is 9. The van der Waals surface area contributed by atoms with Crippen molar-refractivity contribution < 1.29 is 28.7 Å². The van der Waals surface area contributed by atoms with Crippen molar-refractivity contribution in [1.29, 1.82) is 0 Å². The summed E-state index contributed by atoms with van der Waals surface area (Å²) in [5.74, 6) is -1.05. The normalized spacial score (nSPS) is 23.7. The van der Waals surface area contributed by atoms with Crippen LogP contribution in [0.1, 0.15) is 45.2 Å². The molecule has 4 aromatic carbocycles. The Kier molecular flexibility index (Phi) is 9.62. The molecule has 1 aliphatic heterocycles. The summed E-state index contributed by atoms with van der Waals surface area (Å²) < 4.78 is 12.4. The fraction of sp³-hybridized carbons (Fsp3) is 0.262. The lowest BCUT2D eigenvalue weighted by Crippen LogP contribution is -2.37. The summed E-state index contributed by atoms with van der Waals surface area (Å²) in [5.41, 5.74) is 4.82. The van der Waals surface area contributed by atoms with Gasteiger partial charge >= 0.3 is 5.97 Å². The highest BCUT2D eigenvalue weighted by Gasteiger charge is 2.66. The lowest BCUT2D eigenvalue weighted by molar-refractivity contribution is -0.123. The zero-order valence-electron chi connectivity index (χ0n) is 28.7. The Bertz CT molecular complexity index is 2250. The quantitative estimate of drug-likeness (QED) is 0.0629. The van der Waals surface area contributed by atoms with E-state index in [1.807, 2.05) is 49.4 Å². The number of alkyl halides is 2. The van der Waals surface area contributed by atoms with Crippen LogP contribution in [0.3, 0.4) is 0 Å². The van der Waals surface area contributed by atoms with Crippen LogP contribution in [0.5, 0.6) is 5.75 Å². The summed E-state index contributed by atoms with van der Waals surface area (Å²) in [6.07, 6.45) is -0.201. The molecule has 0 radical (unpaired) electrons. The van der Waals surface area contributed by atoms with Gasteiger partial charge in [-0.25, -0.2) is 9.78 Å². The average Bonchev–Trinajstić information content (AvgIpc) is 3.78. The number of pyridine rings is 1. The predicted molar refractivity (Wildman–Crippen MR) is 213 cm³/mol. The van der Waals surface area contributed by atoms with E-state index in [-0.39, 0.29) is 56.5 Å². The second kappa shape index (κ2) is 14.2. The minimum atomic E-state index is -1.07. The molecule has 7 unspecified atom stereocenters. The van der Waals surface area contributed by atoms with Crippen molar-refractivity contribution >= 4 is 87.9 Å². The summed E-state index contributed by atoms with van der Waals surface area (Å²) in [5, 5.41) is 0.575. The Morgan fingerprint density at radius 1 is 0.868 bits per heavy atom. The van der Waals surface area contributed by atoms with Gasteiger partial charge in [0.15, 0.2) is 6.10 Å². The van der Waals surface area contributed by atoms with E-state index in [1.54, 1.807) is 61.5 Å². The molecule has 2 saturated carbocycles. The van der Waals surface area contributed by atoms with E-state index in [0.29, 0.717) is 45.8 Å². The molecule has 1 saturated heterocycles. The van der Waals surface area contributed by atoms with Crippen LogP contribution in [0.15, 0.2) is 102 Å². The van der Waals surface area contributed by atoms with Crippen LogP contribution in [0.4, 0.5) is 5.69 Å². The third-order valence-corrected chi connectivity index (χ3v) is 14.4. The molecule has 8 nitrogen and oxygen atoms in total. The first kappa shape index (κ1) is 35.8. The van der Waals surface area contributed by atoms with Gasteiger partial charge in [-0.2, -0.15) is 0 Å². The SMILES string of the molecule is Cc1cc(Br)cc2c(C(=O)OC(C)C(=O)c3ccc(OCc4ccccc4)cc3)cc(-c3ccc(N4C(=O)C5C6CC(C(Br)C6Br)C5C4=O)cc3)nc12. The molecule has 2 amide bonds. The highest BCUT2D eigenvalue weighted by molar-refractivity contribution is 9.12. The molecule has 11 heteroatoms. The number of Topliss-reactive ketones (excluding diaryl/α,β-unsaturated/α-hetero) is 1. The molecule has 8 rings (SSSR count). The molecule has 268 valence electrons. The van der Waals surface area contributed by atoms with Crippen molar-refractivity contribution in [3.8, 4) is 17.0 Å². The standard InChI is InChI=1S/C42H33Br3N2O6/c1-21-16-26(43)17-29-30(42(51)53-22(2)39(48)25-10-14-28(15-11-25)52-20-23-6-4-3-5-7-23)19-33(46-38(21)29)24-8-12-27(13-9-24)47-40(49)34-31-18-32(35(34)41(47)50)37(45)36(31)44/h3-17,19,22,31-32,34-37H,18,20H2,1-2H3. The molecule has 2 heterocycles. The predicted octanol–water partition coefficient (Wildman–Crippen LogP) is 9.26. The second-order valence-corrected chi connectivity index (χ2v) is 17.0. The van der Waals surface area contributed by atoms with E-state index in [1.165, 1.54) is 4.90 Å². The molecule has 3 aliphatic rings. The van der Waals surface area contributed by atoms with Crippen molar-refractivity contribution in [2.75, 3.05) is 4.90 Å². The molecule has 2 bridgehead atoms. The summed E-state index contributed by atoms with van der Waals surface area (Å²) in [6, 6.07) is 29.0. The number of amides is 2. The largest absolute Gasteiger partial charge is 0.489 e. The molecule has 3 fully saturated rings. The molecular formula is C42H33Br3N2O6. The van der Waals surface area contributed by atoms with E-state index in [2.05, 4.69) is 47.8 Å². The van der Waals surface area contributed by atoms with Crippen LogP contribution in [0, 0.1) is 30.6 Å². The lowest BCUT2D eigenvalue weighted by Gasteiger charge is -2.28. The highest BCUT2D eigenvalue weighted by Crippen LogP contribution is 2.60. The van der Waals surface area contributed by atoms with Gasteiger partial charge in [-0.15, -0.1) is 0 Å². The first-order chi connectivity index (χ1) is 25.5. The molecule has 1 aromatic heterocycles. The summed E-state index contributed by atoms with van der Waals surface area (Å²) >= 11 is 11.0. The fourth-order valence-corrected chi connectivity index (χ4v) is 10.6. The number of halogens is 3. The van der Waals surface area contributed by atoms with Gasteiger partial charge in [-0.1, -0.05) is 90.3 Å². The number of ether oxygens (including phenoxy) is 2. The van der Waals surface area contributed by atoms with Crippen LogP contribution in [-0.4, -0.2) is 44.3 Å². The molecule has 5 aromatic rings. The number of nitrogens with zero attached hydrogens (tertiary/aromatic N) is 2. The number of ketones is 1. The lowest BCUT2D eigenvalue weighted by atomic mass is 9.81. The Labute approximate surface area is 331 Å². The molecular weight excluding hydrogens is 868 g/mol. The maximum Gasteiger partial charge on any atom is 0.339 e. The van der Waals surface area contributed by atoms with Gasteiger partial charge in [0, 0.05) is 30.6 Å². The van der Waals surface area contributed by atoms with Crippen LogP contribution in [0.2, 0.25) is 0 Å². The van der Waals surface area contributed by atoms with Crippen molar-refractivity contribution in [2.24, 2.45) is 23.7 Å². The molecule has 7 atom stereocenters. The van der Waals surface area contributed by atoms with Crippen LogP contribution in [-0.2, 0) is 20.9 Å². The maximum atomic E-state index is 13.9. The zero-order valence-corrected chi connectivity index (χ0v) is 33.4. The monoisotopic (exact) mass is 898 g/mol. The molecule has 53 heavy (non-hydrogen) atoms. The van der Waals surface area contributed by atoms with Crippen LogP contribution < -0.4 is 9.64 Å². The Morgan fingerprint density at radius 2 is 1.51 bits per heavy atom. The van der Waals surface area contributed by atoms with Gasteiger partial charge in [-0.3, -0.25) is 19.3 Å². The topological polar surface area (TPSA) is 103 Å². The van der Waals surface area contributed by atoms with Gasteiger partial charge in [0.2, 0.25) is 17.6 Å². The van der Waals surface area contributed by atoms with Crippen molar-refractivity contribution in [2.45, 2.75) is 42.6 Å². The number of carbonyl (C=O) groups is 4. The number of fused-ring (bicyclic) bond motifs is 6. The van der Waals surface area contributed by atoms with Crippen LogP contribution >= 0.6 is 47.8 Å². The number of aromatic nitrogens is 1. The van der Waals surface area contributed by atoms with E-state index in [0.717, 1.165) is 22.0 Å². The number of benzene rings is 4. The van der Waals surface area contributed by atoms with Gasteiger partial charge in [0.25, 0.3) is 0 Å². The van der Waals surface area contributed by atoms with E-state index < -0.39 is 12.1 Å². The smallest absolute Gasteiger partial charge is 0.339 e. The first-order valence-corrected chi connectivity index (χ1v) is 20.0. The van der Waals surface area contributed by atoms with Gasteiger partial charge in [-0.05, 0) is 97.8 Å². The summed E-state index contributed by atoms with van der Waals surface area (Å²) in [6.45, 7) is 3.87. The number of hydrogen-bond donors (Lipinski definition) is 0. The van der Waals surface area contributed by atoms with E-state index >= 15 is 0 Å². The average molecular weight is 901 g/mol. The van der Waals surface area contributed by atoms with E-state index in [4.69, 9.17) is 14.5 Å². The van der Waals surface area contributed by atoms with E-state index in [9.17, 15) is 19.2 Å². The third kappa shape index (κ3) is 6.44. The van der Waals surface area contributed by atoms with Gasteiger partial charge < -0.3 is 9.47 Å². The fourth-order valence-electron chi connectivity index (χ4n) is 8.13. The van der Waals surface area contributed by atoms with Gasteiger partial charge in [0.1, 0.15) is 12.4 Å². The van der Waals surface area contributed by atoms with Crippen molar-refractivity contribution in [1.82, 2.24) is 4.98 Å². The molecule has 0 spiro atoms. The second-order valence-electron chi connectivity index (χ2n) is 13.9. The van der Waals surface area contributed by atoms with Crippen molar-refractivity contribution in [3.05, 3.63) is 124 Å². The Morgan fingerprint density at radius 3 is 2.15 bits per heavy atom. The Hall–Kier alpha value is -4.19. The van der Waals surface area contributed by atoms with Crippen LogP contribution in [0.25, 0.3) is 22.2 Å². The number of esters is 1. The minimum absolute atomic E-state index is 0.127. The number of carbonyl (C=O) groups excluding carboxylic acids is 4.